The highest BCUT2D eigenvalue weighted by atomic mass is 16.5. The van der Waals surface area contributed by atoms with Crippen molar-refractivity contribution in [3.63, 3.8) is 0 Å². The molecule has 0 radical (unpaired) electrons. The summed E-state index contributed by atoms with van der Waals surface area (Å²) in [7, 11) is 5.79. The molecule has 0 bridgehead atoms. The Morgan fingerprint density at radius 2 is 2.30 bits per heavy atom. The highest BCUT2D eigenvalue weighted by Gasteiger charge is 2.32. The molecule has 1 atom stereocenters. The lowest BCUT2D eigenvalue weighted by molar-refractivity contribution is -0.150. The van der Waals surface area contributed by atoms with Crippen molar-refractivity contribution >= 4 is 5.97 Å². The number of imidazole rings is 1. The van der Waals surface area contributed by atoms with Gasteiger partial charge < -0.3 is 14.6 Å². The number of likely N-dealkylation sites (N-methyl/N-ethyl adjacent to an activating group) is 1. The van der Waals surface area contributed by atoms with Crippen LogP contribution in [0.5, 0.6) is 0 Å². The lowest BCUT2D eigenvalue weighted by atomic mass is 9.98. The number of hydrogen-bond donors (Lipinski definition) is 1. The number of carbonyl (C=O) groups is 1. The van der Waals surface area contributed by atoms with Gasteiger partial charge >= 0.3 is 5.97 Å². The van der Waals surface area contributed by atoms with Crippen LogP contribution in [0, 0.1) is 0 Å². The second-order valence-corrected chi connectivity index (χ2v) is 5.24. The molecule has 1 aromatic rings. The second-order valence-electron chi connectivity index (χ2n) is 5.24. The van der Waals surface area contributed by atoms with Crippen LogP contribution in [0.4, 0.5) is 0 Å². The van der Waals surface area contributed by atoms with Crippen molar-refractivity contribution in [1.82, 2.24) is 19.8 Å². The van der Waals surface area contributed by atoms with Gasteiger partial charge in [-0.2, -0.15) is 0 Å². The molecule has 20 heavy (non-hydrogen) atoms. The molecule has 0 saturated carbocycles. The Hall–Kier alpha value is -1.40. The van der Waals surface area contributed by atoms with E-state index >= 15 is 0 Å². The fourth-order valence-corrected chi connectivity index (χ4v) is 1.90. The Morgan fingerprint density at radius 1 is 1.60 bits per heavy atom. The van der Waals surface area contributed by atoms with Crippen LogP contribution in [0.2, 0.25) is 0 Å². The van der Waals surface area contributed by atoms with Gasteiger partial charge in [-0.15, -0.1) is 0 Å². The highest BCUT2D eigenvalue weighted by molar-refractivity contribution is 5.80. The number of aryl methyl sites for hydroxylation is 1. The zero-order chi connectivity index (χ0) is 15.2. The molecule has 114 valence electrons. The van der Waals surface area contributed by atoms with Crippen molar-refractivity contribution in [2.24, 2.45) is 7.05 Å². The topological polar surface area (TPSA) is 59.4 Å². The van der Waals surface area contributed by atoms with E-state index in [1.54, 1.807) is 13.2 Å². The predicted molar refractivity (Wildman–Crippen MR) is 78.3 cm³/mol. The van der Waals surface area contributed by atoms with Gasteiger partial charge in [0.25, 0.3) is 0 Å². The fourth-order valence-electron chi connectivity index (χ4n) is 1.90. The summed E-state index contributed by atoms with van der Waals surface area (Å²) in [6, 6.07) is 0. The van der Waals surface area contributed by atoms with Gasteiger partial charge in [-0.25, -0.2) is 4.98 Å². The van der Waals surface area contributed by atoms with Gasteiger partial charge in [0.15, 0.2) is 0 Å². The summed E-state index contributed by atoms with van der Waals surface area (Å²) in [5.41, 5.74) is -0.647. The maximum absolute atomic E-state index is 12.0. The van der Waals surface area contributed by atoms with Gasteiger partial charge in [-0.3, -0.25) is 9.69 Å². The molecule has 0 spiro atoms. The summed E-state index contributed by atoms with van der Waals surface area (Å²) >= 11 is 0. The molecule has 6 nitrogen and oxygen atoms in total. The van der Waals surface area contributed by atoms with E-state index in [4.69, 9.17) is 4.74 Å². The summed E-state index contributed by atoms with van der Waals surface area (Å²) in [6.45, 7) is 5.63. The van der Waals surface area contributed by atoms with Crippen LogP contribution in [-0.2, 0) is 23.1 Å². The van der Waals surface area contributed by atoms with Crippen LogP contribution in [0.25, 0.3) is 0 Å². The highest BCUT2D eigenvalue weighted by Crippen LogP contribution is 2.13. The van der Waals surface area contributed by atoms with Gasteiger partial charge in [0.1, 0.15) is 11.4 Å². The lowest BCUT2D eigenvalue weighted by Gasteiger charge is -2.28. The van der Waals surface area contributed by atoms with Crippen molar-refractivity contribution in [1.29, 1.82) is 0 Å². The zero-order valence-corrected chi connectivity index (χ0v) is 13.1. The molecule has 6 heteroatoms. The molecule has 0 aromatic carbocycles. The first kappa shape index (κ1) is 16.7. The molecule has 1 rings (SSSR count). The standard InChI is InChI=1S/C14H26N4O2/c1-6-20-13(19)14(2,15-3)7-9-17(4)11-12-16-8-10-18(12)5/h8,10,15H,6-7,9,11H2,1-5H3. The molecule has 0 saturated heterocycles. The molecule has 0 fully saturated rings. The summed E-state index contributed by atoms with van der Waals surface area (Å²) in [4.78, 5) is 18.4. The van der Waals surface area contributed by atoms with Crippen molar-refractivity contribution in [3.05, 3.63) is 18.2 Å². The van der Waals surface area contributed by atoms with Crippen molar-refractivity contribution < 1.29 is 9.53 Å². The van der Waals surface area contributed by atoms with E-state index < -0.39 is 5.54 Å². The van der Waals surface area contributed by atoms with E-state index in [0.717, 1.165) is 18.9 Å². The number of nitrogens with zero attached hydrogens (tertiary/aromatic N) is 3. The van der Waals surface area contributed by atoms with Crippen LogP contribution in [0.15, 0.2) is 12.4 Å². The number of ether oxygens (including phenoxy) is 1. The second kappa shape index (κ2) is 7.40. The van der Waals surface area contributed by atoms with E-state index in [0.29, 0.717) is 13.0 Å². The Bertz CT molecular complexity index is 433. The number of nitrogens with one attached hydrogen (secondary N) is 1. The fraction of sp³-hybridized carbons (Fsp3) is 0.714. The third-order valence-corrected chi connectivity index (χ3v) is 3.60. The maximum atomic E-state index is 12.0. The number of hydrogen-bond acceptors (Lipinski definition) is 5. The number of carbonyl (C=O) groups excluding carboxylic acids is 1. The molecule has 0 aliphatic rings. The largest absolute Gasteiger partial charge is 0.465 e. The first-order chi connectivity index (χ1) is 9.42. The van der Waals surface area contributed by atoms with Gasteiger partial charge in [0.05, 0.1) is 13.2 Å². The molecule has 0 aliphatic heterocycles. The van der Waals surface area contributed by atoms with E-state index in [9.17, 15) is 4.79 Å². The van der Waals surface area contributed by atoms with E-state index in [1.165, 1.54) is 0 Å². The number of esters is 1. The summed E-state index contributed by atoms with van der Waals surface area (Å²) in [6.07, 6.45) is 4.41. The molecular weight excluding hydrogens is 256 g/mol. The third-order valence-electron chi connectivity index (χ3n) is 3.60. The number of aromatic nitrogens is 2. The smallest absolute Gasteiger partial charge is 0.326 e. The van der Waals surface area contributed by atoms with Crippen LogP contribution < -0.4 is 5.32 Å². The van der Waals surface area contributed by atoms with Crippen molar-refractivity contribution in [2.75, 3.05) is 27.2 Å². The third kappa shape index (κ3) is 4.31. The van der Waals surface area contributed by atoms with Crippen LogP contribution in [0.1, 0.15) is 26.1 Å². The first-order valence-corrected chi connectivity index (χ1v) is 6.93. The molecule has 0 aliphatic carbocycles. The quantitative estimate of drug-likeness (QED) is 0.714. The van der Waals surface area contributed by atoms with Crippen LogP contribution >= 0.6 is 0 Å². The SMILES string of the molecule is CCOC(=O)C(C)(CCN(C)Cc1nccn1C)NC. The Kier molecular flexibility index (Phi) is 6.16. The molecule has 0 amide bonds. The minimum absolute atomic E-state index is 0.201. The van der Waals surface area contributed by atoms with Gasteiger partial charge in [-0.1, -0.05) is 0 Å². The normalized spacial score (nSPS) is 14.3. The van der Waals surface area contributed by atoms with Crippen molar-refractivity contribution in [2.45, 2.75) is 32.4 Å². The average Bonchev–Trinajstić information content (AvgIpc) is 2.82. The van der Waals surface area contributed by atoms with Crippen LogP contribution in [-0.4, -0.2) is 53.2 Å². The van der Waals surface area contributed by atoms with E-state index in [-0.39, 0.29) is 5.97 Å². The summed E-state index contributed by atoms with van der Waals surface area (Å²) in [5.74, 6) is 0.808. The minimum atomic E-state index is -0.647. The molecular formula is C14H26N4O2. The molecule has 1 unspecified atom stereocenters. The number of rotatable bonds is 8. The molecule has 1 heterocycles. The lowest BCUT2D eigenvalue weighted by Crippen LogP contribution is -2.50. The Labute approximate surface area is 121 Å². The Morgan fingerprint density at radius 3 is 2.80 bits per heavy atom. The van der Waals surface area contributed by atoms with Gasteiger partial charge in [-0.05, 0) is 34.4 Å². The summed E-state index contributed by atoms with van der Waals surface area (Å²) in [5, 5.41) is 3.07. The Balaban J connectivity index is 2.51. The minimum Gasteiger partial charge on any atom is -0.465 e. The molecule has 1 N–H and O–H groups in total. The average molecular weight is 282 g/mol. The monoisotopic (exact) mass is 282 g/mol. The van der Waals surface area contributed by atoms with E-state index in [2.05, 4.69) is 15.2 Å². The maximum Gasteiger partial charge on any atom is 0.326 e. The van der Waals surface area contributed by atoms with Gasteiger partial charge in [0.2, 0.25) is 0 Å². The predicted octanol–water partition coefficient (Wildman–Crippen LogP) is 0.783. The van der Waals surface area contributed by atoms with E-state index in [1.807, 2.05) is 38.7 Å². The summed E-state index contributed by atoms with van der Waals surface area (Å²) < 4.78 is 7.12. The first-order valence-electron chi connectivity index (χ1n) is 6.93. The van der Waals surface area contributed by atoms with Crippen LogP contribution in [0.3, 0.4) is 0 Å². The zero-order valence-electron chi connectivity index (χ0n) is 13.1. The molecule has 1 aromatic heterocycles. The van der Waals surface area contributed by atoms with Gasteiger partial charge in [0, 0.05) is 26.0 Å². The van der Waals surface area contributed by atoms with Crippen molar-refractivity contribution in [3.8, 4) is 0 Å².